The minimum Gasteiger partial charge on any atom is -0.478 e. The van der Waals surface area contributed by atoms with E-state index in [1.54, 1.807) is 12.1 Å². The summed E-state index contributed by atoms with van der Waals surface area (Å²) in [6, 6.07) is 6.68. The maximum absolute atomic E-state index is 13.8. The van der Waals surface area contributed by atoms with Crippen LogP contribution in [0.25, 0.3) is 0 Å². The minimum atomic E-state index is -0.937. The number of rotatable bonds is 2. The van der Waals surface area contributed by atoms with Crippen LogP contribution < -0.4 is 0 Å². The molecule has 96 valence electrons. The van der Waals surface area contributed by atoms with Gasteiger partial charge in [0.25, 0.3) is 0 Å². The molecule has 1 fully saturated rings. The van der Waals surface area contributed by atoms with Crippen LogP contribution in [0.15, 0.2) is 35.9 Å². The van der Waals surface area contributed by atoms with E-state index in [2.05, 4.69) is 0 Å². The number of carbonyl (C=O) groups is 1. The summed E-state index contributed by atoms with van der Waals surface area (Å²) in [6.07, 6.45) is 5.95. The van der Waals surface area contributed by atoms with Gasteiger partial charge in [0.15, 0.2) is 0 Å². The Kier molecular flexibility index (Phi) is 4.13. The highest BCUT2D eigenvalue weighted by Gasteiger charge is 2.22. The Morgan fingerprint density at radius 2 is 2.06 bits per heavy atom. The van der Waals surface area contributed by atoms with Gasteiger partial charge in [0.1, 0.15) is 5.82 Å². The lowest BCUT2D eigenvalue weighted by atomic mass is 9.87. The fourth-order valence-electron chi connectivity index (χ4n) is 2.66. The molecule has 0 aromatic heterocycles. The van der Waals surface area contributed by atoms with E-state index in [0.717, 1.165) is 37.7 Å². The third kappa shape index (κ3) is 2.97. The second-order valence-corrected chi connectivity index (χ2v) is 4.73. The molecule has 1 N–H and O–H groups in total. The highest BCUT2D eigenvalue weighted by Crippen LogP contribution is 2.37. The van der Waals surface area contributed by atoms with Crippen molar-refractivity contribution < 1.29 is 14.3 Å². The lowest BCUT2D eigenvalue weighted by Gasteiger charge is -2.18. The Hall–Kier alpha value is -1.64. The summed E-state index contributed by atoms with van der Waals surface area (Å²) < 4.78 is 13.8. The van der Waals surface area contributed by atoms with Crippen molar-refractivity contribution >= 4 is 5.97 Å². The van der Waals surface area contributed by atoms with Crippen molar-refractivity contribution in [1.29, 1.82) is 0 Å². The Labute approximate surface area is 106 Å². The zero-order valence-electron chi connectivity index (χ0n) is 10.2. The zero-order chi connectivity index (χ0) is 13.0. The Balaban J connectivity index is 2.37. The predicted molar refractivity (Wildman–Crippen MR) is 67.9 cm³/mol. The molecule has 0 saturated heterocycles. The number of carboxylic acids is 1. The SMILES string of the molecule is O=C(O)/C=C1\CCCCCC1c1ccccc1F. The highest BCUT2D eigenvalue weighted by atomic mass is 19.1. The first-order chi connectivity index (χ1) is 8.68. The van der Waals surface area contributed by atoms with Gasteiger partial charge in [-0.2, -0.15) is 0 Å². The van der Waals surface area contributed by atoms with Crippen LogP contribution in [-0.4, -0.2) is 11.1 Å². The monoisotopic (exact) mass is 248 g/mol. The predicted octanol–water partition coefficient (Wildman–Crippen LogP) is 3.88. The van der Waals surface area contributed by atoms with Crippen molar-refractivity contribution in [2.24, 2.45) is 0 Å². The fourth-order valence-corrected chi connectivity index (χ4v) is 2.66. The fraction of sp³-hybridized carbons (Fsp3) is 0.400. The summed E-state index contributed by atoms with van der Waals surface area (Å²) in [5.41, 5.74) is 1.48. The van der Waals surface area contributed by atoms with Gasteiger partial charge in [-0.25, -0.2) is 9.18 Å². The standard InChI is InChI=1S/C15H17FO2/c16-14-9-5-4-8-13(14)12-7-3-1-2-6-11(12)10-15(17)18/h4-5,8-10,12H,1-3,6-7H2,(H,17,18)/b11-10+. The molecule has 18 heavy (non-hydrogen) atoms. The molecule has 1 aromatic rings. The molecule has 0 spiro atoms. The molecule has 1 atom stereocenters. The van der Waals surface area contributed by atoms with Gasteiger partial charge in [-0.05, 0) is 30.9 Å². The summed E-state index contributed by atoms with van der Waals surface area (Å²) in [5.74, 6) is -1.25. The van der Waals surface area contributed by atoms with Crippen LogP contribution in [0.5, 0.6) is 0 Å². The molecule has 1 unspecified atom stereocenters. The average Bonchev–Trinajstić information content (AvgIpc) is 2.55. The average molecular weight is 248 g/mol. The van der Waals surface area contributed by atoms with E-state index in [1.807, 2.05) is 6.07 Å². The summed E-state index contributed by atoms with van der Waals surface area (Å²) in [7, 11) is 0. The second-order valence-electron chi connectivity index (χ2n) is 4.73. The largest absolute Gasteiger partial charge is 0.478 e. The van der Waals surface area contributed by atoms with Gasteiger partial charge in [-0.1, -0.05) is 36.6 Å². The Morgan fingerprint density at radius 3 is 2.78 bits per heavy atom. The molecule has 0 radical (unpaired) electrons. The van der Waals surface area contributed by atoms with Crippen molar-refractivity contribution in [1.82, 2.24) is 0 Å². The molecule has 2 rings (SSSR count). The molecule has 0 bridgehead atoms. The molecule has 0 aliphatic heterocycles. The summed E-state index contributed by atoms with van der Waals surface area (Å²) in [4.78, 5) is 10.9. The first kappa shape index (κ1) is 12.8. The molecule has 2 nitrogen and oxygen atoms in total. The van der Waals surface area contributed by atoms with Gasteiger partial charge < -0.3 is 5.11 Å². The van der Waals surface area contributed by atoms with E-state index in [4.69, 9.17) is 5.11 Å². The van der Waals surface area contributed by atoms with Gasteiger partial charge in [0.2, 0.25) is 0 Å². The van der Waals surface area contributed by atoms with Crippen molar-refractivity contribution in [3.63, 3.8) is 0 Å². The van der Waals surface area contributed by atoms with E-state index >= 15 is 0 Å². The van der Waals surface area contributed by atoms with Gasteiger partial charge in [0, 0.05) is 12.0 Å². The third-order valence-corrected chi connectivity index (χ3v) is 3.50. The summed E-state index contributed by atoms with van der Waals surface area (Å²) in [5, 5.41) is 8.92. The van der Waals surface area contributed by atoms with Gasteiger partial charge in [-0.15, -0.1) is 0 Å². The maximum atomic E-state index is 13.8. The summed E-state index contributed by atoms with van der Waals surface area (Å²) in [6.45, 7) is 0. The van der Waals surface area contributed by atoms with Crippen LogP contribution >= 0.6 is 0 Å². The van der Waals surface area contributed by atoms with Crippen molar-refractivity contribution in [3.8, 4) is 0 Å². The molecule has 1 aromatic carbocycles. The van der Waals surface area contributed by atoms with Crippen molar-refractivity contribution in [2.45, 2.75) is 38.0 Å². The molecule has 3 heteroatoms. The topological polar surface area (TPSA) is 37.3 Å². The molecule has 1 aliphatic rings. The molecule has 1 aliphatic carbocycles. The van der Waals surface area contributed by atoms with Gasteiger partial charge in [-0.3, -0.25) is 0 Å². The van der Waals surface area contributed by atoms with Crippen LogP contribution in [0.3, 0.4) is 0 Å². The van der Waals surface area contributed by atoms with Crippen molar-refractivity contribution in [2.75, 3.05) is 0 Å². The Morgan fingerprint density at radius 1 is 1.28 bits per heavy atom. The number of allylic oxidation sites excluding steroid dienone is 1. The van der Waals surface area contributed by atoms with E-state index < -0.39 is 5.97 Å². The molecule has 1 saturated carbocycles. The van der Waals surface area contributed by atoms with Crippen LogP contribution in [0.2, 0.25) is 0 Å². The quantitative estimate of drug-likeness (QED) is 0.637. The van der Waals surface area contributed by atoms with E-state index in [9.17, 15) is 9.18 Å². The van der Waals surface area contributed by atoms with E-state index in [1.165, 1.54) is 12.1 Å². The molecule has 0 heterocycles. The smallest absolute Gasteiger partial charge is 0.328 e. The Bertz CT molecular complexity index is 465. The van der Waals surface area contributed by atoms with Gasteiger partial charge >= 0.3 is 5.97 Å². The lowest BCUT2D eigenvalue weighted by molar-refractivity contribution is -0.131. The molecule has 0 amide bonds. The first-order valence-electron chi connectivity index (χ1n) is 6.36. The normalized spacial score (nSPS) is 22.7. The number of hydrogen-bond acceptors (Lipinski definition) is 1. The number of benzene rings is 1. The first-order valence-corrected chi connectivity index (χ1v) is 6.36. The van der Waals surface area contributed by atoms with E-state index in [-0.39, 0.29) is 11.7 Å². The summed E-state index contributed by atoms with van der Waals surface area (Å²) >= 11 is 0. The second kappa shape index (κ2) is 5.80. The van der Waals surface area contributed by atoms with Crippen LogP contribution in [-0.2, 0) is 4.79 Å². The highest BCUT2D eigenvalue weighted by molar-refractivity contribution is 5.81. The number of carboxylic acid groups (broad SMARTS) is 1. The van der Waals surface area contributed by atoms with Crippen LogP contribution in [0.1, 0.15) is 43.6 Å². The van der Waals surface area contributed by atoms with E-state index in [0.29, 0.717) is 5.56 Å². The minimum absolute atomic E-state index is 0.0789. The van der Waals surface area contributed by atoms with Crippen LogP contribution in [0.4, 0.5) is 4.39 Å². The molecular weight excluding hydrogens is 231 g/mol. The zero-order valence-corrected chi connectivity index (χ0v) is 10.2. The van der Waals surface area contributed by atoms with Crippen molar-refractivity contribution in [3.05, 3.63) is 47.3 Å². The van der Waals surface area contributed by atoms with Gasteiger partial charge in [0.05, 0.1) is 0 Å². The lowest BCUT2D eigenvalue weighted by Crippen LogP contribution is -2.06. The molecular formula is C15H17FO2. The number of halogens is 1. The number of aliphatic carboxylic acids is 1. The van der Waals surface area contributed by atoms with Crippen LogP contribution in [0, 0.1) is 5.82 Å². The maximum Gasteiger partial charge on any atom is 0.328 e. The third-order valence-electron chi connectivity index (χ3n) is 3.50. The number of hydrogen-bond donors (Lipinski definition) is 1.